The molecule has 2 N–H and O–H groups in total. The van der Waals surface area contributed by atoms with E-state index in [0.717, 1.165) is 17.7 Å². The van der Waals surface area contributed by atoms with Crippen LogP contribution in [0.5, 0.6) is 0 Å². The lowest BCUT2D eigenvalue weighted by molar-refractivity contribution is 0.879. The van der Waals surface area contributed by atoms with E-state index in [4.69, 9.17) is 17.3 Å². The number of halogens is 1. The van der Waals surface area contributed by atoms with Gasteiger partial charge in [0.15, 0.2) is 0 Å². The third kappa shape index (κ3) is 2.37. The van der Waals surface area contributed by atoms with Crippen molar-refractivity contribution in [1.29, 1.82) is 0 Å². The molecule has 1 aromatic carbocycles. The average molecular weight is 222 g/mol. The van der Waals surface area contributed by atoms with Crippen molar-refractivity contribution in [1.82, 2.24) is 9.78 Å². The molecule has 0 aliphatic rings. The lowest BCUT2D eigenvalue weighted by Crippen LogP contribution is -2.01. The summed E-state index contributed by atoms with van der Waals surface area (Å²) in [5.41, 5.74) is 7.57. The van der Waals surface area contributed by atoms with Gasteiger partial charge in [0.05, 0.1) is 11.9 Å². The highest BCUT2D eigenvalue weighted by atomic mass is 35.5. The third-order valence-electron chi connectivity index (χ3n) is 2.14. The molecule has 78 valence electrons. The summed E-state index contributed by atoms with van der Waals surface area (Å²) in [4.78, 5) is 0. The van der Waals surface area contributed by atoms with Crippen molar-refractivity contribution in [3.05, 3.63) is 47.2 Å². The monoisotopic (exact) mass is 221 g/mol. The van der Waals surface area contributed by atoms with E-state index in [-0.39, 0.29) is 0 Å². The van der Waals surface area contributed by atoms with Crippen LogP contribution in [0.2, 0.25) is 5.02 Å². The van der Waals surface area contributed by atoms with Gasteiger partial charge in [-0.3, -0.25) is 0 Å². The fourth-order valence-electron chi connectivity index (χ4n) is 1.42. The molecule has 0 spiro atoms. The maximum absolute atomic E-state index is 5.90. The molecule has 2 rings (SSSR count). The van der Waals surface area contributed by atoms with Gasteiger partial charge < -0.3 is 5.73 Å². The van der Waals surface area contributed by atoms with Crippen LogP contribution in [-0.2, 0) is 6.42 Å². The predicted octanol–water partition coefficient (Wildman–Crippen LogP) is 2.03. The second kappa shape index (κ2) is 4.47. The van der Waals surface area contributed by atoms with Crippen molar-refractivity contribution < 1.29 is 0 Å². The molecule has 0 aliphatic heterocycles. The summed E-state index contributed by atoms with van der Waals surface area (Å²) in [5, 5.41) is 4.96. The van der Waals surface area contributed by atoms with Gasteiger partial charge in [-0.05, 0) is 36.7 Å². The van der Waals surface area contributed by atoms with E-state index in [1.165, 1.54) is 0 Å². The number of hydrogen-bond donors (Lipinski definition) is 1. The summed E-state index contributed by atoms with van der Waals surface area (Å²) in [6, 6.07) is 7.59. The Morgan fingerprint density at radius 2 is 2.27 bits per heavy atom. The summed E-state index contributed by atoms with van der Waals surface area (Å²) in [6.07, 6.45) is 4.65. The summed E-state index contributed by atoms with van der Waals surface area (Å²) in [7, 11) is 0. The van der Waals surface area contributed by atoms with Crippen LogP contribution in [0, 0.1) is 0 Å². The molecule has 1 heterocycles. The van der Waals surface area contributed by atoms with Crippen molar-refractivity contribution in [2.45, 2.75) is 6.42 Å². The molecule has 2 aromatic rings. The van der Waals surface area contributed by atoms with Gasteiger partial charge in [-0.15, -0.1) is 0 Å². The zero-order valence-corrected chi connectivity index (χ0v) is 8.98. The van der Waals surface area contributed by atoms with Gasteiger partial charge >= 0.3 is 0 Å². The van der Waals surface area contributed by atoms with Crippen LogP contribution in [-0.4, -0.2) is 16.3 Å². The molecule has 0 aliphatic carbocycles. The largest absolute Gasteiger partial charge is 0.330 e. The van der Waals surface area contributed by atoms with Crippen LogP contribution >= 0.6 is 11.6 Å². The van der Waals surface area contributed by atoms with Gasteiger partial charge in [-0.25, -0.2) is 4.68 Å². The predicted molar refractivity (Wildman–Crippen MR) is 61.3 cm³/mol. The summed E-state index contributed by atoms with van der Waals surface area (Å²) < 4.78 is 1.80. The minimum absolute atomic E-state index is 0.640. The fourth-order valence-corrected chi connectivity index (χ4v) is 1.60. The maximum atomic E-state index is 5.90. The molecular formula is C11H12ClN3. The molecule has 0 unspecified atom stereocenters. The molecule has 0 fully saturated rings. The van der Waals surface area contributed by atoms with Crippen LogP contribution in [0.15, 0.2) is 36.7 Å². The highest BCUT2D eigenvalue weighted by molar-refractivity contribution is 6.30. The minimum Gasteiger partial charge on any atom is -0.330 e. The molecule has 0 radical (unpaired) electrons. The molecule has 0 atom stereocenters. The number of hydrogen-bond acceptors (Lipinski definition) is 2. The number of rotatable bonds is 3. The second-order valence-electron chi connectivity index (χ2n) is 3.31. The lowest BCUT2D eigenvalue weighted by Gasteiger charge is -2.00. The standard InChI is InChI=1S/C11H12ClN3/c12-10-2-1-3-11(6-10)15-8-9(4-5-13)7-14-15/h1-3,6-8H,4-5,13H2. The number of benzene rings is 1. The molecule has 0 bridgehead atoms. The number of nitrogens with zero attached hydrogens (tertiary/aromatic N) is 2. The van der Waals surface area contributed by atoms with Crippen molar-refractivity contribution in [2.24, 2.45) is 5.73 Å². The number of aromatic nitrogens is 2. The topological polar surface area (TPSA) is 43.8 Å². The fraction of sp³-hybridized carbons (Fsp3) is 0.182. The van der Waals surface area contributed by atoms with E-state index in [9.17, 15) is 0 Å². The van der Waals surface area contributed by atoms with E-state index < -0.39 is 0 Å². The first-order chi connectivity index (χ1) is 7.29. The molecule has 4 heteroatoms. The Hall–Kier alpha value is -1.32. The van der Waals surface area contributed by atoms with Crippen LogP contribution in [0.1, 0.15) is 5.56 Å². The van der Waals surface area contributed by atoms with Crippen LogP contribution < -0.4 is 5.73 Å². The van der Waals surface area contributed by atoms with E-state index in [1.54, 1.807) is 4.68 Å². The Kier molecular flexibility index (Phi) is 3.04. The maximum Gasteiger partial charge on any atom is 0.0660 e. The van der Waals surface area contributed by atoms with Crippen molar-refractivity contribution >= 4 is 11.6 Å². The van der Waals surface area contributed by atoms with Gasteiger partial charge in [0.1, 0.15) is 0 Å². The first-order valence-corrected chi connectivity index (χ1v) is 5.17. The van der Waals surface area contributed by atoms with Crippen molar-refractivity contribution in [2.75, 3.05) is 6.54 Å². The quantitative estimate of drug-likeness (QED) is 0.862. The molecule has 0 saturated carbocycles. The molecule has 0 saturated heterocycles. The van der Waals surface area contributed by atoms with Crippen molar-refractivity contribution in [3.8, 4) is 5.69 Å². The second-order valence-corrected chi connectivity index (χ2v) is 3.75. The van der Waals surface area contributed by atoms with E-state index >= 15 is 0 Å². The molecular weight excluding hydrogens is 210 g/mol. The van der Waals surface area contributed by atoms with E-state index in [2.05, 4.69) is 5.10 Å². The first kappa shape index (κ1) is 10.2. The highest BCUT2D eigenvalue weighted by Gasteiger charge is 2.00. The van der Waals surface area contributed by atoms with E-state index in [0.29, 0.717) is 11.6 Å². The Labute approximate surface area is 93.5 Å². The molecule has 0 amide bonds. The summed E-state index contributed by atoms with van der Waals surface area (Å²) in [6.45, 7) is 0.640. The Bertz CT molecular complexity index is 451. The SMILES string of the molecule is NCCc1cnn(-c2cccc(Cl)c2)c1. The molecule has 1 aromatic heterocycles. The summed E-state index contributed by atoms with van der Waals surface area (Å²) >= 11 is 5.90. The number of nitrogens with two attached hydrogens (primary N) is 1. The average Bonchev–Trinajstić information content (AvgIpc) is 2.67. The van der Waals surface area contributed by atoms with Crippen LogP contribution in [0.25, 0.3) is 5.69 Å². The molecule has 15 heavy (non-hydrogen) atoms. The zero-order valence-electron chi connectivity index (χ0n) is 8.23. The van der Waals surface area contributed by atoms with Crippen LogP contribution in [0.3, 0.4) is 0 Å². The summed E-state index contributed by atoms with van der Waals surface area (Å²) in [5.74, 6) is 0. The smallest absolute Gasteiger partial charge is 0.0660 e. The normalized spacial score (nSPS) is 10.5. The van der Waals surface area contributed by atoms with Gasteiger partial charge in [-0.1, -0.05) is 17.7 Å². The Morgan fingerprint density at radius 3 is 3.00 bits per heavy atom. The lowest BCUT2D eigenvalue weighted by atomic mass is 10.2. The van der Waals surface area contributed by atoms with E-state index in [1.807, 2.05) is 36.7 Å². The molecule has 3 nitrogen and oxygen atoms in total. The van der Waals surface area contributed by atoms with Gasteiger partial charge in [0.25, 0.3) is 0 Å². The first-order valence-electron chi connectivity index (χ1n) is 4.79. The van der Waals surface area contributed by atoms with Gasteiger partial charge in [0, 0.05) is 11.2 Å². The van der Waals surface area contributed by atoms with Crippen molar-refractivity contribution in [3.63, 3.8) is 0 Å². The van der Waals surface area contributed by atoms with Crippen LogP contribution in [0.4, 0.5) is 0 Å². The Balaban J connectivity index is 2.29. The minimum atomic E-state index is 0.640. The van der Waals surface area contributed by atoms with Gasteiger partial charge in [0.2, 0.25) is 0 Å². The highest BCUT2D eigenvalue weighted by Crippen LogP contribution is 2.14. The Morgan fingerprint density at radius 1 is 1.40 bits per heavy atom. The van der Waals surface area contributed by atoms with Gasteiger partial charge in [-0.2, -0.15) is 5.10 Å². The third-order valence-corrected chi connectivity index (χ3v) is 2.38. The zero-order chi connectivity index (χ0) is 10.7.